The largest absolute Gasteiger partial charge is 0.379 e. The Balaban J connectivity index is 1.63. The molecule has 1 aromatic rings. The van der Waals surface area contributed by atoms with Crippen molar-refractivity contribution in [2.24, 2.45) is 0 Å². The van der Waals surface area contributed by atoms with Gasteiger partial charge in [0.25, 0.3) is 5.91 Å². The van der Waals surface area contributed by atoms with Crippen molar-refractivity contribution in [1.29, 1.82) is 0 Å². The van der Waals surface area contributed by atoms with Gasteiger partial charge in [0.1, 0.15) is 0 Å². The predicted molar refractivity (Wildman–Crippen MR) is 84.1 cm³/mol. The first-order valence-corrected chi connectivity index (χ1v) is 7.63. The molecule has 0 saturated carbocycles. The van der Waals surface area contributed by atoms with E-state index in [2.05, 4.69) is 15.5 Å². The minimum absolute atomic E-state index is 0.0472. The minimum atomic E-state index is -0.314. The molecule has 0 bridgehead atoms. The molecule has 1 saturated heterocycles. The molecule has 0 atom stereocenters. The lowest BCUT2D eigenvalue weighted by molar-refractivity contribution is -0.120. The molecule has 22 heavy (non-hydrogen) atoms. The van der Waals surface area contributed by atoms with Crippen molar-refractivity contribution in [3.05, 3.63) is 34.9 Å². The summed E-state index contributed by atoms with van der Waals surface area (Å²) in [6, 6.07) is 6.60. The third-order valence-electron chi connectivity index (χ3n) is 3.35. The van der Waals surface area contributed by atoms with Crippen LogP contribution in [0.25, 0.3) is 0 Å². The number of hydrogen-bond donors (Lipinski definition) is 2. The Hall–Kier alpha value is -1.63. The molecule has 6 nitrogen and oxygen atoms in total. The second-order valence-corrected chi connectivity index (χ2v) is 5.43. The molecule has 1 fully saturated rings. The van der Waals surface area contributed by atoms with Gasteiger partial charge in [-0.1, -0.05) is 17.7 Å². The van der Waals surface area contributed by atoms with Crippen LogP contribution in [0.15, 0.2) is 24.3 Å². The molecule has 0 unspecified atom stereocenters. The number of rotatable bonds is 6. The second-order valence-electron chi connectivity index (χ2n) is 5.00. The van der Waals surface area contributed by atoms with Crippen molar-refractivity contribution in [2.45, 2.75) is 0 Å². The molecule has 120 valence electrons. The normalized spacial score (nSPS) is 15.3. The fourth-order valence-electron chi connectivity index (χ4n) is 2.13. The number of ether oxygens (including phenoxy) is 1. The SMILES string of the molecule is O=C(CNC(=O)c1cccc(Cl)c1)NCCN1CCOCC1. The number of carbonyl (C=O) groups excluding carboxylic acids is 2. The molecule has 1 heterocycles. The number of carbonyl (C=O) groups is 2. The molecular weight excluding hydrogens is 306 g/mol. The Morgan fingerprint density at radius 3 is 2.73 bits per heavy atom. The van der Waals surface area contributed by atoms with Gasteiger partial charge in [-0.2, -0.15) is 0 Å². The van der Waals surface area contributed by atoms with E-state index < -0.39 is 0 Å². The highest BCUT2D eigenvalue weighted by molar-refractivity contribution is 6.30. The van der Waals surface area contributed by atoms with Crippen molar-refractivity contribution >= 4 is 23.4 Å². The summed E-state index contributed by atoms with van der Waals surface area (Å²) in [5.74, 6) is -0.519. The second kappa shape index (κ2) is 8.73. The minimum Gasteiger partial charge on any atom is -0.379 e. The summed E-state index contributed by atoms with van der Waals surface area (Å²) in [5.41, 5.74) is 0.439. The van der Waals surface area contributed by atoms with E-state index in [1.807, 2.05) is 0 Å². The Kier molecular flexibility index (Phi) is 6.64. The summed E-state index contributed by atoms with van der Waals surface area (Å²) in [6.07, 6.45) is 0. The Labute approximate surface area is 134 Å². The molecule has 1 aliphatic rings. The van der Waals surface area contributed by atoms with E-state index in [9.17, 15) is 9.59 Å². The molecule has 0 aromatic heterocycles. The van der Waals surface area contributed by atoms with Crippen LogP contribution in [0.2, 0.25) is 5.02 Å². The first kappa shape index (κ1) is 16.7. The fourth-order valence-corrected chi connectivity index (χ4v) is 2.32. The van der Waals surface area contributed by atoms with Crippen LogP contribution in [0, 0.1) is 0 Å². The van der Waals surface area contributed by atoms with Crippen LogP contribution < -0.4 is 10.6 Å². The Morgan fingerprint density at radius 2 is 2.00 bits per heavy atom. The lowest BCUT2D eigenvalue weighted by atomic mass is 10.2. The van der Waals surface area contributed by atoms with Crippen LogP contribution in [-0.4, -0.2) is 62.7 Å². The Morgan fingerprint density at radius 1 is 1.23 bits per heavy atom. The number of nitrogens with one attached hydrogen (secondary N) is 2. The van der Waals surface area contributed by atoms with Gasteiger partial charge in [-0.05, 0) is 18.2 Å². The smallest absolute Gasteiger partial charge is 0.251 e. The highest BCUT2D eigenvalue weighted by Crippen LogP contribution is 2.10. The van der Waals surface area contributed by atoms with E-state index in [0.29, 0.717) is 17.1 Å². The number of nitrogens with zero attached hydrogens (tertiary/aromatic N) is 1. The predicted octanol–water partition coefficient (Wildman–Crippen LogP) is 0.518. The molecule has 7 heteroatoms. The van der Waals surface area contributed by atoms with Gasteiger partial charge in [-0.25, -0.2) is 0 Å². The molecule has 1 aliphatic heterocycles. The summed E-state index contributed by atoms with van der Waals surface area (Å²) in [4.78, 5) is 25.8. The van der Waals surface area contributed by atoms with Crippen LogP contribution in [-0.2, 0) is 9.53 Å². The average molecular weight is 326 g/mol. The van der Waals surface area contributed by atoms with E-state index in [1.54, 1.807) is 24.3 Å². The molecule has 0 spiro atoms. The number of morpholine rings is 1. The summed E-state index contributed by atoms with van der Waals surface area (Å²) < 4.78 is 5.26. The van der Waals surface area contributed by atoms with Crippen molar-refractivity contribution in [3.8, 4) is 0 Å². The van der Waals surface area contributed by atoms with E-state index in [1.165, 1.54) is 0 Å². The molecule has 1 aromatic carbocycles. The van der Waals surface area contributed by atoms with Gasteiger partial charge in [0.2, 0.25) is 5.91 Å². The van der Waals surface area contributed by atoms with Crippen molar-refractivity contribution in [2.75, 3.05) is 45.9 Å². The van der Waals surface area contributed by atoms with E-state index in [0.717, 1.165) is 32.8 Å². The summed E-state index contributed by atoms with van der Waals surface area (Å²) >= 11 is 5.82. The standard InChI is InChI=1S/C15H20ClN3O3/c16-13-3-1-2-12(10-13)15(21)18-11-14(20)17-4-5-19-6-8-22-9-7-19/h1-3,10H,4-9,11H2,(H,17,20)(H,18,21). The van der Waals surface area contributed by atoms with E-state index >= 15 is 0 Å². The zero-order valence-electron chi connectivity index (χ0n) is 12.3. The fraction of sp³-hybridized carbons (Fsp3) is 0.467. The van der Waals surface area contributed by atoms with Crippen molar-refractivity contribution in [3.63, 3.8) is 0 Å². The van der Waals surface area contributed by atoms with Gasteiger partial charge in [0.15, 0.2) is 0 Å². The number of amides is 2. The average Bonchev–Trinajstić information content (AvgIpc) is 2.53. The number of benzene rings is 1. The van der Waals surface area contributed by atoms with Crippen LogP contribution in [0.5, 0.6) is 0 Å². The van der Waals surface area contributed by atoms with Crippen molar-refractivity contribution < 1.29 is 14.3 Å². The first-order valence-electron chi connectivity index (χ1n) is 7.26. The number of hydrogen-bond acceptors (Lipinski definition) is 4. The molecule has 2 N–H and O–H groups in total. The molecule has 0 aliphatic carbocycles. The summed E-state index contributed by atoms with van der Waals surface area (Å²) in [5, 5.41) is 5.85. The van der Waals surface area contributed by atoms with Gasteiger partial charge < -0.3 is 15.4 Å². The zero-order valence-corrected chi connectivity index (χ0v) is 13.1. The van der Waals surface area contributed by atoms with E-state index in [4.69, 9.17) is 16.3 Å². The van der Waals surface area contributed by atoms with Crippen LogP contribution in [0.4, 0.5) is 0 Å². The van der Waals surface area contributed by atoms with E-state index in [-0.39, 0.29) is 18.4 Å². The maximum absolute atomic E-state index is 11.9. The lowest BCUT2D eigenvalue weighted by Crippen LogP contribution is -2.43. The quantitative estimate of drug-likeness (QED) is 0.800. The third kappa shape index (κ3) is 5.63. The maximum atomic E-state index is 11.9. The van der Waals surface area contributed by atoms with Crippen molar-refractivity contribution in [1.82, 2.24) is 15.5 Å². The van der Waals surface area contributed by atoms with Crippen LogP contribution in [0.1, 0.15) is 10.4 Å². The summed E-state index contributed by atoms with van der Waals surface area (Å²) in [7, 11) is 0. The van der Waals surface area contributed by atoms with Crippen LogP contribution in [0.3, 0.4) is 0 Å². The monoisotopic (exact) mass is 325 g/mol. The van der Waals surface area contributed by atoms with Gasteiger partial charge in [-0.15, -0.1) is 0 Å². The van der Waals surface area contributed by atoms with Gasteiger partial charge in [-0.3, -0.25) is 14.5 Å². The van der Waals surface area contributed by atoms with Gasteiger partial charge >= 0.3 is 0 Å². The maximum Gasteiger partial charge on any atom is 0.251 e. The third-order valence-corrected chi connectivity index (χ3v) is 3.59. The lowest BCUT2D eigenvalue weighted by Gasteiger charge is -2.26. The summed E-state index contributed by atoms with van der Waals surface area (Å²) in [6.45, 7) is 4.56. The zero-order chi connectivity index (χ0) is 15.8. The van der Waals surface area contributed by atoms with Gasteiger partial charge in [0.05, 0.1) is 19.8 Å². The topological polar surface area (TPSA) is 70.7 Å². The molecule has 2 rings (SSSR count). The van der Waals surface area contributed by atoms with Crippen LogP contribution >= 0.6 is 11.6 Å². The highest BCUT2D eigenvalue weighted by Gasteiger charge is 2.11. The number of halogens is 1. The molecule has 2 amide bonds. The first-order chi connectivity index (χ1) is 10.6. The highest BCUT2D eigenvalue weighted by atomic mass is 35.5. The molecular formula is C15H20ClN3O3. The Bertz CT molecular complexity index is 519. The molecule has 0 radical (unpaired) electrons. The van der Waals surface area contributed by atoms with Gasteiger partial charge in [0, 0.05) is 36.8 Å².